The van der Waals surface area contributed by atoms with Crippen LogP contribution >= 0.6 is 0 Å². The van der Waals surface area contributed by atoms with Crippen LogP contribution in [0.25, 0.3) is 0 Å². The number of nitrogens with one attached hydrogen (secondary N) is 1. The molecular weight excluding hydrogens is 178 g/mol. The molecule has 0 heterocycles. The second kappa shape index (κ2) is 11.0. The molecule has 0 aromatic rings. The fraction of sp³-hybridized carbons (Fsp3) is 1.00. The van der Waals surface area contributed by atoms with Gasteiger partial charge >= 0.3 is 0 Å². The van der Waals surface area contributed by atoms with E-state index in [-0.39, 0.29) is 6.10 Å². The van der Waals surface area contributed by atoms with Crippen molar-refractivity contribution in [1.29, 1.82) is 0 Å². The van der Waals surface area contributed by atoms with Crippen LogP contribution in [0.5, 0.6) is 0 Å². The molecule has 0 rings (SSSR count). The summed E-state index contributed by atoms with van der Waals surface area (Å²) in [6.07, 6.45) is 4.23. The quantitative estimate of drug-likeness (QED) is 0.529. The van der Waals surface area contributed by atoms with E-state index in [1.165, 1.54) is 12.8 Å². The van der Waals surface area contributed by atoms with Gasteiger partial charge in [-0.3, -0.25) is 0 Å². The van der Waals surface area contributed by atoms with Crippen molar-refractivity contribution in [3.8, 4) is 0 Å². The Balaban J connectivity index is 3.07. The highest BCUT2D eigenvalue weighted by Crippen LogP contribution is 1.90. The van der Waals surface area contributed by atoms with E-state index in [4.69, 9.17) is 4.74 Å². The molecule has 0 radical (unpaired) electrons. The standard InChI is InChI=1S/C11H25NO2/c1-3-5-7-12-9-11(13)10-14-8-6-4-2/h11-13H,3-10H2,1-2H3. The lowest BCUT2D eigenvalue weighted by Gasteiger charge is -2.11. The predicted molar refractivity (Wildman–Crippen MR) is 59.5 cm³/mol. The number of rotatable bonds is 10. The molecule has 1 unspecified atom stereocenters. The Morgan fingerprint density at radius 2 is 1.93 bits per heavy atom. The van der Waals surface area contributed by atoms with Crippen LogP contribution in [0.15, 0.2) is 0 Å². The molecule has 0 saturated carbocycles. The van der Waals surface area contributed by atoms with E-state index in [0.29, 0.717) is 13.2 Å². The van der Waals surface area contributed by atoms with Gasteiger partial charge in [0.25, 0.3) is 0 Å². The Morgan fingerprint density at radius 1 is 1.21 bits per heavy atom. The topological polar surface area (TPSA) is 41.5 Å². The summed E-state index contributed by atoms with van der Waals surface area (Å²) in [6.45, 7) is 7.15. The molecule has 0 spiro atoms. The molecule has 86 valence electrons. The third-order valence-electron chi connectivity index (χ3n) is 2.04. The van der Waals surface area contributed by atoms with E-state index in [9.17, 15) is 5.11 Å². The number of ether oxygens (including phenoxy) is 1. The van der Waals surface area contributed by atoms with Gasteiger partial charge in [0, 0.05) is 13.2 Å². The molecule has 0 bridgehead atoms. The average molecular weight is 203 g/mol. The first kappa shape index (κ1) is 13.9. The first-order valence-electron chi connectivity index (χ1n) is 5.77. The summed E-state index contributed by atoms with van der Waals surface area (Å²) < 4.78 is 5.30. The maximum absolute atomic E-state index is 9.46. The van der Waals surface area contributed by atoms with E-state index in [0.717, 1.165) is 26.0 Å². The van der Waals surface area contributed by atoms with Crippen LogP contribution in [-0.2, 0) is 4.74 Å². The summed E-state index contributed by atoms with van der Waals surface area (Å²) in [6, 6.07) is 0. The third kappa shape index (κ3) is 9.96. The molecule has 0 aliphatic heterocycles. The van der Waals surface area contributed by atoms with Gasteiger partial charge in [-0.1, -0.05) is 26.7 Å². The molecule has 0 fully saturated rings. The monoisotopic (exact) mass is 203 g/mol. The van der Waals surface area contributed by atoms with Gasteiger partial charge in [0.2, 0.25) is 0 Å². The van der Waals surface area contributed by atoms with Gasteiger partial charge in [-0.15, -0.1) is 0 Å². The van der Waals surface area contributed by atoms with Crippen molar-refractivity contribution in [3.05, 3.63) is 0 Å². The van der Waals surface area contributed by atoms with Gasteiger partial charge < -0.3 is 15.2 Å². The lowest BCUT2D eigenvalue weighted by atomic mass is 10.3. The number of hydrogen-bond donors (Lipinski definition) is 2. The summed E-state index contributed by atoms with van der Waals surface area (Å²) in [5, 5.41) is 12.7. The largest absolute Gasteiger partial charge is 0.389 e. The van der Waals surface area contributed by atoms with Crippen molar-refractivity contribution in [3.63, 3.8) is 0 Å². The van der Waals surface area contributed by atoms with Crippen LogP contribution in [0.1, 0.15) is 39.5 Å². The molecule has 0 aliphatic carbocycles. The second-order valence-electron chi connectivity index (χ2n) is 3.64. The lowest BCUT2D eigenvalue weighted by Crippen LogP contribution is -2.31. The zero-order valence-corrected chi connectivity index (χ0v) is 9.59. The van der Waals surface area contributed by atoms with Crippen molar-refractivity contribution >= 4 is 0 Å². The van der Waals surface area contributed by atoms with E-state index >= 15 is 0 Å². The molecule has 0 aromatic heterocycles. The number of aliphatic hydroxyl groups is 1. The highest BCUT2D eigenvalue weighted by atomic mass is 16.5. The van der Waals surface area contributed by atoms with E-state index < -0.39 is 0 Å². The molecule has 0 saturated heterocycles. The second-order valence-corrected chi connectivity index (χ2v) is 3.64. The van der Waals surface area contributed by atoms with Crippen LogP contribution in [0.3, 0.4) is 0 Å². The summed E-state index contributed by atoms with van der Waals surface area (Å²) in [7, 11) is 0. The number of hydrogen-bond acceptors (Lipinski definition) is 3. The Morgan fingerprint density at radius 3 is 2.57 bits per heavy atom. The highest BCUT2D eigenvalue weighted by Gasteiger charge is 2.02. The predicted octanol–water partition coefficient (Wildman–Crippen LogP) is 1.55. The fourth-order valence-electron chi connectivity index (χ4n) is 1.10. The average Bonchev–Trinajstić information content (AvgIpc) is 2.19. The summed E-state index contributed by atoms with van der Waals surface area (Å²) >= 11 is 0. The van der Waals surface area contributed by atoms with E-state index in [2.05, 4.69) is 19.2 Å². The van der Waals surface area contributed by atoms with Gasteiger partial charge in [0.1, 0.15) is 0 Å². The molecule has 0 aliphatic rings. The normalized spacial score (nSPS) is 13.1. The van der Waals surface area contributed by atoms with Crippen LogP contribution < -0.4 is 5.32 Å². The molecule has 3 nitrogen and oxygen atoms in total. The van der Waals surface area contributed by atoms with E-state index in [1.54, 1.807) is 0 Å². The minimum absolute atomic E-state index is 0.358. The number of aliphatic hydroxyl groups excluding tert-OH is 1. The van der Waals surface area contributed by atoms with Gasteiger partial charge in [-0.25, -0.2) is 0 Å². The molecule has 3 heteroatoms. The minimum Gasteiger partial charge on any atom is -0.389 e. The van der Waals surface area contributed by atoms with Gasteiger partial charge in [0.05, 0.1) is 12.7 Å². The fourth-order valence-corrected chi connectivity index (χ4v) is 1.10. The van der Waals surface area contributed by atoms with Crippen LogP contribution in [0, 0.1) is 0 Å². The Labute approximate surface area is 87.8 Å². The maximum Gasteiger partial charge on any atom is 0.0897 e. The van der Waals surface area contributed by atoms with Crippen LogP contribution in [0.4, 0.5) is 0 Å². The van der Waals surface area contributed by atoms with Crippen molar-refractivity contribution in [2.45, 2.75) is 45.6 Å². The van der Waals surface area contributed by atoms with Crippen LogP contribution in [-0.4, -0.2) is 37.5 Å². The molecule has 2 N–H and O–H groups in total. The van der Waals surface area contributed by atoms with Crippen molar-refractivity contribution < 1.29 is 9.84 Å². The third-order valence-corrected chi connectivity index (χ3v) is 2.04. The van der Waals surface area contributed by atoms with Crippen LogP contribution in [0.2, 0.25) is 0 Å². The van der Waals surface area contributed by atoms with Gasteiger partial charge in [0.15, 0.2) is 0 Å². The Hall–Kier alpha value is -0.120. The van der Waals surface area contributed by atoms with E-state index in [1.807, 2.05) is 0 Å². The molecule has 14 heavy (non-hydrogen) atoms. The zero-order valence-electron chi connectivity index (χ0n) is 9.59. The SMILES string of the molecule is CCCCNCC(O)COCCCC. The van der Waals surface area contributed by atoms with Gasteiger partial charge in [-0.05, 0) is 19.4 Å². The first-order chi connectivity index (χ1) is 6.81. The van der Waals surface area contributed by atoms with Crippen molar-refractivity contribution in [2.24, 2.45) is 0 Å². The summed E-state index contributed by atoms with van der Waals surface area (Å²) in [5.41, 5.74) is 0. The maximum atomic E-state index is 9.46. The van der Waals surface area contributed by atoms with Crippen molar-refractivity contribution in [1.82, 2.24) is 5.32 Å². The molecular formula is C11H25NO2. The minimum atomic E-state index is -0.358. The number of unbranched alkanes of at least 4 members (excludes halogenated alkanes) is 2. The lowest BCUT2D eigenvalue weighted by molar-refractivity contribution is 0.0360. The van der Waals surface area contributed by atoms with Crippen molar-refractivity contribution in [2.75, 3.05) is 26.3 Å². The Kier molecular flexibility index (Phi) is 10.9. The molecule has 0 amide bonds. The Bertz CT molecular complexity index is 97.5. The summed E-state index contributed by atoms with van der Waals surface area (Å²) in [4.78, 5) is 0. The molecule has 0 aromatic carbocycles. The summed E-state index contributed by atoms with van der Waals surface area (Å²) in [5.74, 6) is 0. The van der Waals surface area contributed by atoms with Gasteiger partial charge in [-0.2, -0.15) is 0 Å². The molecule has 1 atom stereocenters. The highest BCUT2D eigenvalue weighted by molar-refractivity contribution is 4.57. The zero-order chi connectivity index (χ0) is 10.6. The first-order valence-corrected chi connectivity index (χ1v) is 5.77. The smallest absolute Gasteiger partial charge is 0.0897 e.